The monoisotopic (exact) mass is 508 g/mol. The Kier molecular flexibility index (Phi) is 8.22. The minimum Gasteiger partial charge on any atom is -0.467 e. The van der Waals surface area contributed by atoms with E-state index in [1.807, 2.05) is 11.0 Å². The van der Waals surface area contributed by atoms with Gasteiger partial charge in [0.1, 0.15) is 12.1 Å². The fraction of sp³-hybridized carbons (Fsp3) is 0.423. The van der Waals surface area contributed by atoms with Gasteiger partial charge in [-0.05, 0) is 44.0 Å². The summed E-state index contributed by atoms with van der Waals surface area (Å²) in [6.45, 7) is 9.16. The molecule has 0 aliphatic carbocycles. The fourth-order valence-electron chi connectivity index (χ4n) is 4.74. The van der Waals surface area contributed by atoms with Crippen LogP contribution in [-0.4, -0.2) is 60.2 Å². The number of piperazine rings is 1. The van der Waals surface area contributed by atoms with E-state index in [0.29, 0.717) is 31.9 Å². The zero-order valence-corrected chi connectivity index (χ0v) is 21.4. The number of carbonyl (C=O) groups excluding carboxylic acids is 1. The van der Waals surface area contributed by atoms with Crippen LogP contribution < -0.4 is 14.7 Å². The van der Waals surface area contributed by atoms with E-state index in [-0.39, 0.29) is 49.4 Å². The molecular formula is C26H32N6O5. The van der Waals surface area contributed by atoms with Crippen LogP contribution in [0.25, 0.3) is 0 Å². The maximum absolute atomic E-state index is 12.4. The molecule has 1 saturated heterocycles. The average molecular weight is 509 g/mol. The number of rotatable bonds is 10. The number of hydrogen-bond donors (Lipinski definition) is 0. The predicted octanol–water partition coefficient (Wildman–Crippen LogP) is 3.88. The molecule has 1 aromatic carbocycles. The van der Waals surface area contributed by atoms with E-state index in [1.165, 1.54) is 29.4 Å². The van der Waals surface area contributed by atoms with Crippen molar-refractivity contribution in [2.45, 2.75) is 33.7 Å². The lowest BCUT2D eigenvalue weighted by Gasteiger charge is -2.38. The van der Waals surface area contributed by atoms with Crippen molar-refractivity contribution in [3.05, 3.63) is 69.9 Å². The Hall–Kier alpha value is -4.15. The zero-order chi connectivity index (χ0) is 26.4. The van der Waals surface area contributed by atoms with E-state index in [2.05, 4.69) is 40.8 Å². The van der Waals surface area contributed by atoms with Gasteiger partial charge in [-0.15, -0.1) is 0 Å². The number of aromatic nitrogens is 2. The van der Waals surface area contributed by atoms with E-state index in [9.17, 15) is 14.9 Å². The van der Waals surface area contributed by atoms with E-state index >= 15 is 0 Å². The lowest BCUT2D eigenvalue weighted by atomic mass is 10.1. The number of nitro groups is 1. The quantitative estimate of drug-likeness (QED) is 0.227. The van der Waals surface area contributed by atoms with Crippen molar-refractivity contribution >= 4 is 29.0 Å². The SMILES string of the molecule is CCOC(=O)CCN(Cc1ccco1)c1ncnc(N2CCN(c3c(C)cccc3C)CC2)c1[N+](=O)[O-]. The molecule has 0 radical (unpaired) electrons. The molecule has 1 aliphatic rings. The van der Waals surface area contributed by atoms with Crippen LogP contribution >= 0.6 is 0 Å². The lowest BCUT2D eigenvalue weighted by molar-refractivity contribution is -0.383. The molecule has 3 heterocycles. The van der Waals surface area contributed by atoms with Gasteiger partial charge in [-0.25, -0.2) is 9.97 Å². The third-order valence-electron chi connectivity index (χ3n) is 6.42. The van der Waals surface area contributed by atoms with Gasteiger partial charge < -0.3 is 23.9 Å². The topological polar surface area (TPSA) is 118 Å². The highest BCUT2D eigenvalue weighted by Crippen LogP contribution is 2.36. The Bertz CT molecular complexity index is 1200. The van der Waals surface area contributed by atoms with Crippen molar-refractivity contribution in [1.29, 1.82) is 0 Å². The maximum Gasteiger partial charge on any atom is 0.353 e. The van der Waals surface area contributed by atoms with E-state index in [1.54, 1.807) is 24.0 Å². The second kappa shape index (κ2) is 11.7. The van der Waals surface area contributed by atoms with E-state index < -0.39 is 4.92 Å². The molecule has 0 amide bonds. The first-order chi connectivity index (χ1) is 17.9. The molecule has 0 saturated carbocycles. The van der Waals surface area contributed by atoms with Gasteiger partial charge in [-0.3, -0.25) is 14.9 Å². The molecule has 3 aromatic rings. The van der Waals surface area contributed by atoms with Crippen molar-refractivity contribution < 1.29 is 18.9 Å². The Morgan fingerprint density at radius 2 is 1.81 bits per heavy atom. The number of aryl methyl sites for hydroxylation is 2. The van der Waals surface area contributed by atoms with Crippen LogP contribution in [0.5, 0.6) is 0 Å². The second-order valence-corrected chi connectivity index (χ2v) is 8.90. The third-order valence-corrected chi connectivity index (χ3v) is 6.42. The maximum atomic E-state index is 12.4. The van der Waals surface area contributed by atoms with Crippen molar-refractivity contribution in [2.24, 2.45) is 0 Å². The summed E-state index contributed by atoms with van der Waals surface area (Å²) in [5.41, 5.74) is 3.44. The lowest BCUT2D eigenvalue weighted by Crippen LogP contribution is -2.47. The zero-order valence-electron chi connectivity index (χ0n) is 21.4. The molecule has 1 fully saturated rings. The largest absolute Gasteiger partial charge is 0.467 e. The van der Waals surface area contributed by atoms with Gasteiger partial charge in [0.25, 0.3) is 0 Å². The van der Waals surface area contributed by atoms with Gasteiger partial charge in [0.05, 0.1) is 30.8 Å². The molecule has 196 valence electrons. The number of hydrogen-bond acceptors (Lipinski definition) is 10. The number of anilines is 3. The minimum atomic E-state index is -0.442. The predicted molar refractivity (Wildman–Crippen MR) is 140 cm³/mol. The second-order valence-electron chi connectivity index (χ2n) is 8.90. The standard InChI is InChI=1S/C26H32N6O5/c1-4-36-22(33)10-11-31(17-21-9-6-16-37-21)26-24(32(34)35)25(27-18-28-26)30-14-12-29(13-15-30)23-19(2)7-5-8-20(23)3/h5-9,16,18H,4,10-15,17H2,1-3H3. The van der Waals surface area contributed by atoms with Crippen LogP contribution in [0.3, 0.4) is 0 Å². The van der Waals surface area contributed by atoms with Crippen LogP contribution in [0.15, 0.2) is 47.3 Å². The summed E-state index contributed by atoms with van der Waals surface area (Å²) in [6, 6.07) is 9.76. The Labute approximate surface area is 215 Å². The number of furan rings is 1. The Morgan fingerprint density at radius 3 is 2.43 bits per heavy atom. The van der Waals surface area contributed by atoms with Crippen molar-refractivity contribution in [1.82, 2.24) is 9.97 Å². The van der Waals surface area contributed by atoms with Gasteiger partial charge in [0.2, 0.25) is 11.6 Å². The summed E-state index contributed by atoms with van der Waals surface area (Å²) in [6.07, 6.45) is 2.93. The summed E-state index contributed by atoms with van der Waals surface area (Å²) in [5, 5.41) is 12.4. The molecule has 11 nitrogen and oxygen atoms in total. The van der Waals surface area contributed by atoms with Crippen LogP contribution in [0.2, 0.25) is 0 Å². The van der Waals surface area contributed by atoms with Gasteiger partial charge in [-0.2, -0.15) is 0 Å². The molecule has 2 aromatic heterocycles. The fourth-order valence-corrected chi connectivity index (χ4v) is 4.74. The average Bonchev–Trinajstić information content (AvgIpc) is 3.40. The first-order valence-corrected chi connectivity index (χ1v) is 12.4. The van der Waals surface area contributed by atoms with Gasteiger partial charge >= 0.3 is 11.7 Å². The first kappa shape index (κ1) is 25.9. The Morgan fingerprint density at radius 1 is 1.11 bits per heavy atom. The van der Waals surface area contributed by atoms with Crippen LogP contribution in [0.1, 0.15) is 30.2 Å². The Balaban J connectivity index is 1.60. The molecule has 0 N–H and O–H groups in total. The van der Waals surface area contributed by atoms with Crippen molar-refractivity contribution in [3.63, 3.8) is 0 Å². The van der Waals surface area contributed by atoms with Crippen molar-refractivity contribution in [2.75, 3.05) is 54.0 Å². The minimum absolute atomic E-state index is 0.0551. The highest BCUT2D eigenvalue weighted by atomic mass is 16.6. The summed E-state index contributed by atoms with van der Waals surface area (Å²) in [5.74, 6) is 0.636. The summed E-state index contributed by atoms with van der Waals surface area (Å²) in [4.78, 5) is 38.5. The van der Waals surface area contributed by atoms with Crippen molar-refractivity contribution in [3.8, 4) is 0 Å². The number of ether oxygens (including phenoxy) is 1. The first-order valence-electron chi connectivity index (χ1n) is 12.4. The molecule has 0 unspecified atom stereocenters. The van der Waals surface area contributed by atoms with Crippen LogP contribution in [0, 0.1) is 24.0 Å². The molecule has 0 bridgehead atoms. The number of esters is 1. The third kappa shape index (κ3) is 5.99. The molecule has 4 rings (SSSR count). The number of benzene rings is 1. The van der Waals surface area contributed by atoms with E-state index in [4.69, 9.17) is 9.15 Å². The highest BCUT2D eigenvalue weighted by Gasteiger charge is 2.32. The van der Waals surface area contributed by atoms with Gasteiger partial charge in [-0.1, -0.05) is 18.2 Å². The molecular weight excluding hydrogens is 476 g/mol. The number of nitrogens with zero attached hydrogens (tertiary/aromatic N) is 6. The molecule has 0 spiro atoms. The molecule has 11 heteroatoms. The summed E-state index contributed by atoms with van der Waals surface area (Å²) < 4.78 is 10.5. The molecule has 37 heavy (non-hydrogen) atoms. The van der Waals surface area contributed by atoms with Crippen LogP contribution in [-0.2, 0) is 16.1 Å². The normalized spacial score (nSPS) is 13.5. The number of carbonyl (C=O) groups is 1. The van der Waals surface area contributed by atoms with Gasteiger partial charge in [0.15, 0.2) is 0 Å². The highest BCUT2D eigenvalue weighted by molar-refractivity contribution is 5.74. The van der Waals surface area contributed by atoms with Crippen LogP contribution in [0.4, 0.5) is 23.0 Å². The van der Waals surface area contributed by atoms with Gasteiger partial charge in [0, 0.05) is 38.4 Å². The number of para-hydroxylation sites is 1. The molecule has 0 atom stereocenters. The van der Waals surface area contributed by atoms with E-state index in [0.717, 1.165) is 0 Å². The summed E-state index contributed by atoms with van der Waals surface area (Å²) >= 11 is 0. The summed E-state index contributed by atoms with van der Waals surface area (Å²) in [7, 11) is 0. The smallest absolute Gasteiger partial charge is 0.353 e. The molecule has 1 aliphatic heterocycles.